The first-order valence-corrected chi connectivity index (χ1v) is 9.74. The number of hydrogen-bond donors (Lipinski definition) is 0. The van der Waals surface area contributed by atoms with Gasteiger partial charge < -0.3 is 9.42 Å². The van der Waals surface area contributed by atoms with Crippen LogP contribution in [0, 0.1) is 11.7 Å². The van der Waals surface area contributed by atoms with Crippen molar-refractivity contribution < 1.29 is 13.7 Å². The molecule has 2 aromatic rings. The summed E-state index contributed by atoms with van der Waals surface area (Å²) >= 11 is 0. The number of benzene rings is 1. The van der Waals surface area contributed by atoms with Crippen LogP contribution in [0.5, 0.6) is 0 Å². The molecule has 3 heterocycles. The summed E-state index contributed by atoms with van der Waals surface area (Å²) in [5.41, 5.74) is 0.823. The maximum atomic E-state index is 13.3. The predicted molar refractivity (Wildman–Crippen MR) is 97.3 cm³/mol. The Bertz CT molecular complexity index is 780. The fraction of sp³-hybridized carbons (Fsp3) is 0.550. The molecule has 27 heavy (non-hydrogen) atoms. The third-order valence-corrected chi connectivity index (χ3v) is 5.47. The molecule has 0 N–H and O–H groups in total. The second kappa shape index (κ2) is 8.17. The minimum atomic E-state index is -0.262. The Morgan fingerprint density at radius 3 is 2.70 bits per heavy atom. The van der Waals surface area contributed by atoms with Crippen molar-refractivity contribution in [1.82, 2.24) is 19.9 Å². The molecule has 0 spiro atoms. The maximum absolute atomic E-state index is 13.3. The Morgan fingerprint density at radius 1 is 1.19 bits per heavy atom. The smallest absolute Gasteiger partial charge is 0.240 e. The number of rotatable bonds is 5. The zero-order chi connectivity index (χ0) is 18.6. The molecular formula is C20H25FN4O2. The number of carbonyl (C=O) groups is 1. The fourth-order valence-electron chi connectivity index (χ4n) is 3.98. The minimum absolute atomic E-state index is 0.158. The molecule has 1 aromatic carbocycles. The second-order valence-corrected chi connectivity index (χ2v) is 7.49. The number of halogens is 1. The van der Waals surface area contributed by atoms with Gasteiger partial charge in [0, 0.05) is 25.4 Å². The van der Waals surface area contributed by atoms with Gasteiger partial charge in [0.05, 0.1) is 6.54 Å². The van der Waals surface area contributed by atoms with E-state index in [1.165, 1.54) is 12.1 Å². The number of amides is 1. The molecule has 2 fully saturated rings. The monoisotopic (exact) mass is 372 g/mol. The molecule has 0 radical (unpaired) electrons. The standard InChI is InChI=1S/C20H25FN4O2/c21-17-5-3-4-15(12-17)13-18-22-19(27-23-18)14-24-10-6-16(7-11-24)20(26)25-8-1-2-9-25/h3-5,12,16H,1-2,6-11,13-14H2. The van der Waals surface area contributed by atoms with Gasteiger partial charge in [0.2, 0.25) is 11.8 Å². The van der Waals surface area contributed by atoms with Crippen molar-refractivity contribution in [3.8, 4) is 0 Å². The van der Waals surface area contributed by atoms with E-state index in [2.05, 4.69) is 15.0 Å². The molecular weight excluding hydrogens is 347 g/mol. The molecule has 1 amide bonds. The fourth-order valence-corrected chi connectivity index (χ4v) is 3.98. The van der Waals surface area contributed by atoms with Gasteiger partial charge in [-0.3, -0.25) is 9.69 Å². The van der Waals surface area contributed by atoms with Crippen LogP contribution < -0.4 is 0 Å². The van der Waals surface area contributed by atoms with Crippen molar-refractivity contribution in [2.75, 3.05) is 26.2 Å². The quantitative estimate of drug-likeness (QED) is 0.807. The summed E-state index contributed by atoms with van der Waals surface area (Å²) in [6.45, 7) is 4.18. The summed E-state index contributed by atoms with van der Waals surface area (Å²) in [6.07, 6.45) is 4.51. The van der Waals surface area contributed by atoms with Gasteiger partial charge in [-0.25, -0.2) is 4.39 Å². The van der Waals surface area contributed by atoms with E-state index < -0.39 is 0 Å². The Kier molecular flexibility index (Phi) is 5.48. The Balaban J connectivity index is 1.27. The molecule has 0 bridgehead atoms. The highest BCUT2D eigenvalue weighted by atomic mass is 19.1. The number of nitrogens with zero attached hydrogens (tertiary/aromatic N) is 4. The van der Waals surface area contributed by atoms with Crippen LogP contribution in [0.3, 0.4) is 0 Å². The topological polar surface area (TPSA) is 62.5 Å². The molecule has 0 atom stereocenters. The zero-order valence-corrected chi connectivity index (χ0v) is 15.4. The Labute approximate surface area is 158 Å². The van der Waals surface area contributed by atoms with E-state index >= 15 is 0 Å². The van der Waals surface area contributed by atoms with Gasteiger partial charge in [-0.2, -0.15) is 4.98 Å². The van der Waals surface area contributed by atoms with E-state index in [9.17, 15) is 9.18 Å². The lowest BCUT2D eigenvalue weighted by Crippen LogP contribution is -2.41. The zero-order valence-electron chi connectivity index (χ0n) is 15.4. The van der Waals surface area contributed by atoms with Crippen molar-refractivity contribution in [2.24, 2.45) is 5.92 Å². The summed E-state index contributed by atoms with van der Waals surface area (Å²) in [6, 6.07) is 6.43. The second-order valence-electron chi connectivity index (χ2n) is 7.49. The van der Waals surface area contributed by atoms with Gasteiger partial charge in [0.25, 0.3) is 0 Å². The van der Waals surface area contributed by atoms with Gasteiger partial charge in [-0.1, -0.05) is 17.3 Å². The van der Waals surface area contributed by atoms with Gasteiger partial charge in [-0.05, 0) is 56.5 Å². The van der Waals surface area contributed by atoms with Crippen LogP contribution in [0.2, 0.25) is 0 Å². The molecule has 1 aromatic heterocycles. The third kappa shape index (κ3) is 4.53. The average molecular weight is 372 g/mol. The molecule has 2 saturated heterocycles. The summed E-state index contributed by atoms with van der Waals surface area (Å²) in [5.74, 6) is 1.37. The van der Waals surface area contributed by atoms with Gasteiger partial charge in [-0.15, -0.1) is 0 Å². The first-order valence-electron chi connectivity index (χ1n) is 9.74. The molecule has 144 valence electrons. The Hall–Kier alpha value is -2.28. The molecule has 6 nitrogen and oxygen atoms in total. The molecule has 0 unspecified atom stereocenters. The van der Waals surface area contributed by atoms with Crippen LogP contribution in [-0.4, -0.2) is 52.0 Å². The highest BCUT2D eigenvalue weighted by molar-refractivity contribution is 5.79. The van der Waals surface area contributed by atoms with Crippen molar-refractivity contribution >= 4 is 5.91 Å². The minimum Gasteiger partial charge on any atom is -0.342 e. The lowest BCUT2D eigenvalue weighted by molar-refractivity contribution is -0.136. The van der Waals surface area contributed by atoms with E-state index in [-0.39, 0.29) is 11.7 Å². The largest absolute Gasteiger partial charge is 0.342 e. The lowest BCUT2D eigenvalue weighted by atomic mass is 9.95. The summed E-state index contributed by atoms with van der Waals surface area (Å²) in [7, 11) is 0. The van der Waals surface area contributed by atoms with Gasteiger partial charge >= 0.3 is 0 Å². The van der Waals surface area contributed by atoms with Gasteiger partial charge in [0.15, 0.2) is 5.82 Å². The molecule has 2 aliphatic rings. The number of likely N-dealkylation sites (tertiary alicyclic amines) is 2. The van der Waals surface area contributed by atoms with Crippen LogP contribution in [0.15, 0.2) is 28.8 Å². The van der Waals surface area contributed by atoms with E-state index in [0.29, 0.717) is 30.6 Å². The third-order valence-electron chi connectivity index (χ3n) is 5.47. The van der Waals surface area contributed by atoms with Crippen molar-refractivity contribution in [2.45, 2.75) is 38.6 Å². The molecule has 2 aliphatic heterocycles. The maximum Gasteiger partial charge on any atom is 0.240 e. The van der Waals surface area contributed by atoms with Crippen LogP contribution in [0.1, 0.15) is 43.0 Å². The SMILES string of the molecule is O=C(C1CCN(Cc2nc(Cc3cccc(F)c3)no2)CC1)N1CCCC1. The highest BCUT2D eigenvalue weighted by Gasteiger charge is 2.30. The lowest BCUT2D eigenvalue weighted by Gasteiger charge is -2.32. The van der Waals surface area contributed by atoms with Crippen molar-refractivity contribution in [3.63, 3.8) is 0 Å². The van der Waals surface area contributed by atoms with Crippen LogP contribution in [0.4, 0.5) is 4.39 Å². The highest BCUT2D eigenvalue weighted by Crippen LogP contribution is 2.23. The summed E-state index contributed by atoms with van der Waals surface area (Å²) in [5, 5.41) is 4.01. The first-order chi connectivity index (χ1) is 13.2. The van der Waals surface area contributed by atoms with E-state index in [4.69, 9.17) is 4.52 Å². The van der Waals surface area contributed by atoms with E-state index in [1.54, 1.807) is 6.07 Å². The first kappa shape index (κ1) is 18.1. The molecule has 7 heteroatoms. The number of aromatic nitrogens is 2. The van der Waals surface area contributed by atoms with Crippen molar-refractivity contribution in [1.29, 1.82) is 0 Å². The normalized spacial score (nSPS) is 18.9. The average Bonchev–Trinajstić information content (AvgIpc) is 3.34. The number of hydrogen-bond acceptors (Lipinski definition) is 5. The van der Waals surface area contributed by atoms with E-state index in [1.807, 2.05) is 11.0 Å². The summed E-state index contributed by atoms with van der Waals surface area (Å²) in [4.78, 5) is 21.2. The number of piperidine rings is 1. The van der Waals surface area contributed by atoms with Crippen LogP contribution >= 0.6 is 0 Å². The van der Waals surface area contributed by atoms with Crippen molar-refractivity contribution in [3.05, 3.63) is 47.4 Å². The van der Waals surface area contributed by atoms with Crippen LogP contribution in [0.25, 0.3) is 0 Å². The number of carbonyl (C=O) groups excluding carboxylic acids is 1. The van der Waals surface area contributed by atoms with Crippen LogP contribution in [-0.2, 0) is 17.8 Å². The Morgan fingerprint density at radius 2 is 1.96 bits per heavy atom. The van der Waals surface area contributed by atoms with Gasteiger partial charge in [0.1, 0.15) is 5.82 Å². The summed E-state index contributed by atoms with van der Waals surface area (Å²) < 4.78 is 18.6. The van der Waals surface area contributed by atoms with E-state index in [0.717, 1.165) is 57.4 Å². The molecule has 0 saturated carbocycles. The predicted octanol–water partition coefficient (Wildman–Crippen LogP) is 2.63. The molecule has 0 aliphatic carbocycles. The molecule has 4 rings (SSSR count).